The highest BCUT2D eigenvalue weighted by Gasteiger charge is 2.48. The number of hydrogen-bond donors (Lipinski definition) is 2. The van der Waals surface area contributed by atoms with Crippen LogP contribution in [0.15, 0.2) is 4.99 Å². The third kappa shape index (κ3) is 3.79. The summed E-state index contributed by atoms with van der Waals surface area (Å²) in [6.45, 7) is 1.72. The summed E-state index contributed by atoms with van der Waals surface area (Å²) in [5.74, 6) is -0.555. The zero-order valence-electron chi connectivity index (χ0n) is 7.00. The van der Waals surface area contributed by atoms with Crippen molar-refractivity contribution in [3.63, 3.8) is 0 Å². The van der Waals surface area contributed by atoms with Crippen LogP contribution in [0.5, 0.6) is 0 Å². The molecule has 0 atom stereocenters. The Morgan fingerprint density at radius 2 is 2.07 bits per heavy atom. The standard InChI is InChI=1S/C4H8F3N3O3S/c1-2-9-3(8)10-13-14(11,12)4(5,6)7/h2H2,1H3,(H3,8,9,10). The van der Waals surface area contributed by atoms with E-state index in [0.717, 1.165) is 0 Å². The molecule has 10 heteroatoms. The predicted octanol–water partition coefficient (Wildman–Crippen LogP) is -0.308. The number of aliphatic imine (C=N–C) groups is 1. The summed E-state index contributed by atoms with van der Waals surface area (Å²) in [4.78, 5) is 3.34. The number of hydroxylamine groups is 1. The Morgan fingerprint density at radius 3 is 2.43 bits per heavy atom. The van der Waals surface area contributed by atoms with Gasteiger partial charge in [-0.3, -0.25) is 4.99 Å². The van der Waals surface area contributed by atoms with Crippen LogP contribution in [0.3, 0.4) is 0 Å². The Balaban J connectivity index is 4.36. The van der Waals surface area contributed by atoms with E-state index in [1.165, 1.54) is 5.48 Å². The molecule has 0 amide bonds. The highest BCUT2D eigenvalue weighted by molar-refractivity contribution is 7.87. The number of nitrogens with two attached hydrogens (primary N) is 1. The van der Waals surface area contributed by atoms with Gasteiger partial charge in [0, 0.05) is 6.54 Å². The number of guanidine groups is 1. The van der Waals surface area contributed by atoms with Gasteiger partial charge in [0.25, 0.3) is 0 Å². The molecule has 0 aliphatic heterocycles. The molecule has 0 aliphatic rings. The molecule has 0 aromatic rings. The van der Waals surface area contributed by atoms with Crippen LogP contribution in [-0.2, 0) is 14.4 Å². The Morgan fingerprint density at radius 1 is 1.57 bits per heavy atom. The van der Waals surface area contributed by atoms with Crippen LogP contribution in [-0.4, -0.2) is 26.4 Å². The Bertz CT molecular complexity index is 310. The van der Waals surface area contributed by atoms with E-state index in [1.54, 1.807) is 6.92 Å². The lowest BCUT2D eigenvalue weighted by atomic mass is 10.8. The Hall–Kier alpha value is -1.03. The first kappa shape index (κ1) is 13.0. The first-order valence-corrected chi connectivity index (χ1v) is 4.67. The van der Waals surface area contributed by atoms with Gasteiger partial charge in [-0.1, -0.05) is 0 Å². The molecule has 84 valence electrons. The minimum Gasteiger partial charge on any atom is -0.368 e. The monoisotopic (exact) mass is 235 g/mol. The van der Waals surface area contributed by atoms with E-state index < -0.39 is 21.6 Å². The second-order valence-corrected chi connectivity index (χ2v) is 3.48. The van der Waals surface area contributed by atoms with E-state index in [9.17, 15) is 21.6 Å². The SMILES string of the molecule is CCN=C(N)NOS(=O)(=O)C(F)(F)F. The van der Waals surface area contributed by atoms with E-state index in [2.05, 4.69) is 9.28 Å². The summed E-state index contributed by atoms with van der Waals surface area (Å²) in [5.41, 5.74) is 0.773. The number of hydrogen-bond acceptors (Lipinski definition) is 4. The minimum atomic E-state index is -5.68. The van der Waals surface area contributed by atoms with Gasteiger partial charge in [0.2, 0.25) is 5.96 Å². The van der Waals surface area contributed by atoms with E-state index in [-0.39, 0.29) is 6.54 Å². The molecule has 0 rings (SSSR count). The maximum absolute atomic E-state index is 11.6. The quantitative estimate of drug-likeness (QED) is 0.303. The zero-order chi connectivity index (χ0) is 11.4. The maximum Gasteiger partial charge on any atom is 0.525 e. The van der Waals surface area contributed by atoms with Gasteiger partial charge >= 0.3 is 15.6 Å². The number of halogens is 3. The van der Waals surface area contributed by atoms with Crippen LogP contribution in [0.4, 0.5) is 13.2 Å². The molecule has 3 N–H and O–H groups in total. The fourth-order valence-electron chi connectivity index (χ4n) is 0.347. The smallest absolute Gasteiger partial charge is 0.368 e. The summed E-state index contributed by atoms with van der Waals surface area (Å²) in [7, 11) is -5.68. The molecule has 0 unspecified atom stereocenters. The second kappa shape index (κ2) is 4.46. The van der Waals surface area contributed by atoms with Crippen molar-refractivity contribution in [2.45, 2.75) is 12.4 Å². The molecule has 0 aromatic heterocycles. The lowest BCUT2D eigenvalue weighted by molar-refractivity contribution is -0.0562. The van der Waals surface area contributed by atoms with Crippen molar-refractivity contribution in [2.75, 3.05) is 6.54 Å². The fourth-order valence-corrected chi connectivity index (χ4v) is 0.637. The van der Waals surface area contributed by atoms with Gasteiger partial charge in [-0.05, 0) is 6.92 Å². The molecule has 0 spiro atoms. The highest BCUT2D eigenvalue weighted by atomic mass is 32.2. The van der Waals surface area contributed by atoms with Crippen molar-refractivity contribution in [3.05, 3.63) is 0 Å². The molecular weight excluding hydrogens is 227 g/mol. The van der Waals surface area contributed by atoms with Crippen LogP contribution in [0.1, 0.15) is 6.92 Å². The number of nitrogens with zero attached hydrogens (tertiary/aromatic N) is 1. The van der Waals surface area contributed by atoms with Gasteiger partial charge < -0.3 is 5.73 Å². The predicted molar refractivity (Wildman–Crippen MR) is 41.4 cm³/mol. The average Bonchev–Trinajstić information content (AvgIpc) is 1.99. The van der Waals surface area contributed by atoms with Gasteiger partial charge in [0.15, 0.2) is 0 Å². The molecule has 0 aromatic carbocycles. The largest absolute Gasteiger partial charge is 0.525 e. The molecule has 0 saturated heterocycles. The lowest BCUT2D eigenvalue weighted by Crippen LogP contribution is -2.38. The first-order valence-electron chi connectivity index (χ1n) is 3.26. The summed E-state index contributed by atoms with van der Waals surface area (Å²) in [5, 5.41) is 0. The van der Waals surface area contributed by atoms with Crippen molar-refractivity contribution < 1.29 is 25.9 Å². The molecule has 14 heavy (non-hydrogen) atoms. The first-order chi connectivity index (χ1) is 6.20. The van der Waals surface area contributed by atoms with Gasteiger partial charge in [0.05, 0.1) is 0 Å². The van der Waals surface area contributed by atoms with E-state index in [1.807, 2.05) is 0 Å². The molecule has 0 radical (unpaired) electrons. The lowest BCUT2D eigenvalue weighted by Gasteiger charge is -2.08. The summed E-state index contributed by atoms with van der Waals surface area (Å²) in [6.07, 6.45) is 0. The summed E-state index contributed by atoms with van der Waals surface area (Å²) < 4.78 is 58.7. The molecular formula is C4H8F3N3O3S. The van der Waals surface area contributed by atoms with Crippen LogP contribution in [0.25, 0.3) is 0 Å². The maximum atomic E-state index is 11.6. The summed E-state index contributed by atoms with van der Waals surface area (Å²) in [6, 6.07) is 0. The van der Waals surface area contributed by atoms with Crippen LogP contribution in [0.2, 0.25) is 0 Å². The van der Waals surface area contributed by atoms with Crippen LogP contribution < -0.4 is 11.2 Å². The third-order valence-electron chi connectivity index (χ3n) is 0.868. The van der Waals surface area contributed by atoms with Crippen LogP contribution in [0, 0.1) is 0 Å². The van der Waals surface area contributed by atoms with E-state index in [4.69, 9.17) is 5.73 Å². The molecule has 0 saturated carbocycles. The molecule has 0 bridgehead atoms. The third-order valence-corrected chi connectivity index (χ3v) is 1.74. The normalized spacial score (nSPS) is 14.1. The molecule has 0 fully saturated rings. The van der Waals surface area contributed by atoms with Gasteiger partial charge in [-0.15, -0.1) is 4.28 Å². The van der Waals surface area contributed by atoms with Crippen molar-refractivity contribution in [3.8, 4) is 0 Å². The molecule has 0 heterocycles. The zero-order valence-corrected chi connectivity index (χ0v) is 7.82. The highest BCUT2D eigenvalue weighted by Crippen LogP contribution is 2.23. The summed E-state index contributed by atoms with van der Waals surface area (Å²) >= 11 is 0. The van der Waals surface area contributed by atoms with Crippen molar-refractivity contribution >= 4 is 16.1 Å². The van der Waals surface area contributed by atoms with Crippen LogP contribution >= 0.6 is 0 Å². The molecule has 0 aliphatic carbocycles. The number of rotatable bonds is 3. The van der Waals surface area contributed by atoms with E-state index >= 15 is 0 Å². The fraction of sp³-hybridized carbons (Fsp3) is 0.750. The second-order valence-electron chi connectivity index (χ2n) is 1.94. The van der Waals surface area contributed by atoms with Gasteiger partial charge in [-0.25, -0.2) is 5.48 Å². The van der Waals surface area contributed by atoms with Crippen molar-refractivity contribution in [2.24, 2.45) is 10.7 Å². The topological polar surface area (TPSA) is 93.8 Å². The van der Waals surface area contributed by atoms with Gasteiger partial charge in [0.1, 0.15) is 0 Å². The van der Waals surface area contributed by atoms with Gasteiger partial charge in [-0.2, -0.15) is 21.6 Å². The van der Waals surface area contributed by atoms with Crippen molar-refractivity contribution in [1.82, 2.24) is 5.48 Å². The minimum absolute atomic E-state index is 0.175. The van der Waals surface area contributed by atoms with E-state index in [0.29, 0.717) is 0 Å². The Kier molecular flexibility index (Phi) is 4.13. The average molecular weight is 235 g/mol. The van der Waals surface area contributed by atoms with Crippen molar-refractivity contribution in [1.29, 1.82) is 0 Å². The number of alkyl halides is 3. The Labute approximate surface area is 78.0 Å². The number of nitrogens with one attached hydrogen (secondary N) is 1. The molecule has 6 nitrogen and oxygen atoms in total.